The summed E-state index contributed by atoms with van der Waals surface area (Å²) in [5, 5.41) is 0. The summed E-state index contributed by atoms with van der Waals surface area (Å²) in [5.41, 5.74) is 1.98. The molecule has 0 radical (unpaired) electrons. The maximum atomic E-state index is 5.97. The van der Waals surface area contributed by atoms with Gasteiger partial charge in [0, 0.05) is 11.6 Å². The Labute approximate surface area is 106 Å². The molecule has 1 heterocycles. The van der Waals surface area contributed by atoms with Crippen molar-refractivity contribution in [2.24, 2.45) is 0 Å². The first-order valence-electron chi connectivity index (χ1n) is 5.59. The molecular formula is C13H17ClN2O. The number of fused-ring (bicyclic) bond motifs is 1. The molecule has 0 fully saturated rings. The van der Waals surface area contributed by atoms with Gasteiger partial charge in [-0.15, -0.1) is 11.6 Å². The quantitative estimate of drug-likeness (QED) is 0.765. The van der Waals surface area contributed by atoms with Gasteiger partial charge in [0.15, 0.2) is 0 Å². The molecule has 0 aliphatic carbocycles. The topological polar surface area (TPSA) is 27.1 Å². The summed E-state index contributed by atoms with van der Waals surface area (Å²) in [7, 11) is 1.66. The van der Waals surface area contributed by atoms with E-state index in [2.05, 4.69) is 30.3 Å². The van der Waals surface area contributed by atoms with Crippen molar-refractivity contribution in [3.8, 4) is 5.75 Å². The summed E-state index contributed by atoms with van der Waals surface area (Å²) < 4.78 is 7.38. The van der Waals surface area contributed by atoms with E-state index in [0.717, 1.165) is 22.6 Å². The van der Waals surface area contributed by atoms with Crippen LogP contribution in [-0.2, 0) is 11.4 Å². The Hall–Kier alpha value is -1.22. The molecule has 0 N–H and O–H groups in total. The molecule has 4 heteroatoms. The Bertz CT molecular complexity index is 540. The number of benzene rings is 1. The molecule has 0 saturated heterocycles. The third-order valence-corrected chi connectivity index (χ3v) is 2.96. The number of halogens is 1. The maximum Gasteiger partial charge on any atom is 0.125 e. The van der Waals surface area contributed by atoms with Crippen LogP contribution in [-0.4, -0.2) is 16.7 Å². The Kier molecular flexibility index (Phi) is 3.04. The fraction of sp³-hybridized carbons (Fsp3) is 0.462. The molecule has 17 heavy (non-hydrogen) atoms. The predicted octanol–water partition coefficient (Wildman–Crippen LogP) is 3.54. The van der Waals surface area contributed by atoms with Crippen molar-refractivity contribution in [3.05, 3.63) is 24.0 Å². The largest absolute Gasteiger partial charge is 0.497 e. The Morgan fingerprint density at radius 3 is 2.59 bits per heavy atom. The molecule has 0 saturated carbocycles. The fourth-order valence-corrected chi connectivity index (χ4v) is 2.25. The molecule has 0 bridgehead atoms. The number of hydrogen-bond acceptors (Lipinski definition) is 2. The molecule has 0 aliphatic heterocycles. The van der Waals surface area contributed by atoms with Crippen molar-refractivity contribution in [2.45, 2.75) is 32.2 Å². The highest BCUT2D eigenvalue weighted by molar-refractivity contribution is 6.16. The van der Waals surface area contributed by atoms with E-state index < -0.39 is 0 Å². The van der Waals surface area contributed by atoms with Crippen LogP contribution < -0.4 is 4.74 Å². The van der Waals surface area contributed by atoms with Crippen molar-refractivity contribution in [1.29, 1.82) is 0 Å². The summed E-state index contributed by atoms with van der Waals surface area (Å²) in [6.45, 7) is 6.44. The van der Waals surface area contributed by atoms with Crippen molar-refractivity contribution >= 4 is 22.6 Å². The van der Waals surface area contributed by atoms with Crippen molar-refractivity contribution < 1.29 is 4.74 Å². The number of methoxy groups -OCH3 is 1. The van der Waals surface area contributed by atoms with Gasteiger partial charge in [-0.3, -0.25) is 0 Å². The molecular weight excluding hydrogens is 236 g/mol. The molecule has 0 spiro atoms. The summed E-state index contributed by atoms with van der Waals surface area (Å²) in [6, 6.07) is 5.92. The van der Waals surface area contributed by atoms with E-state index in [1.54, 1.807) is 7.11 Å². The summed E-state index contributed by atoms with van der Waals surface area (Å²) >= 11 is 5.97. The van der Waals surface area contributed by atoms with Crippen LogP contribution in [0.5, 0.6) is 5.75 Å². The second kappa shape index (κ2) is 4.22. The molecule has 1 aromatic heterocycles. The standard InChI is InChI=1S/C13H17ClN2O/c1-13(2,3)16-11-6-5-9(17-4)7-10(11)15-12(16)8-14/h5-7H,8H2,1-4H3. The smallest absolute Gasteiger partial charge is 0.125 e. The monoisotopic (exact) mass is 252 g/mol. The zero-order valence-corrected chi connectivity index (χ0v) is 11.4. The lowest BCUT2D eigenvalue weighted by molar-refractivity contribution is 0.398. The highest BCUT2D eigenvalue weighted by Crippen LogP contribution is 2.28. The van der Waals surface area contributed by atoms with Gasteiger partial charge < -0.3 is 9.30 Å². The number of rotatable bonds is 2. The highest BCUT2D eigenvalue weighted by Gasteiger charge is 2.20. The lowest BCUT2D eigenvalue weighted by atomic mass is 10.1. The lowest BCUT2D eigenvalue weighted by Crippen LogP contribution is -2.23. The minimum Gasteiger partial charge on any atom is -0.497 e. The SMILES string of the molecule is COc1ccc2c(c1)nc(CCl)n2C(C)(C)C. The predicted molar refractivity (Wildman–Crippen MR) is 70.8 cm³/mol. The van der Waals surface area contributed by atoms with Crippen LogP contribution in [0.25, 0.3) is 11.0 Å². The molecule has 1 aromatic carbocycles. The molecule has 2 rings (SSSR count). The third-order valence-electron chi connectivity index (χ3n) is 2.72. The van der Waals surface area contributed by atoms with Gasteiger partial charge in [-0.05, 0) is 32.9 Å². The Morgan fingerprint density at radius 1 is 1.35 bits per heavy atom. The molecule has 0 aliphatic rings. The zero-order valence-electron chi connectivity index (χ0n) is 10.6. The zero-order chi connectivity index (χ0) is 12.6. The van der Waals surface area contributed by atoms with Gasteiger partial charge in [-0.2, -0.15) is 0 Å². The minimum atomic E-state index is -0.0342. The molecule has 0 unspecified atom stereocenters. The third kappa shape index (κ3) is 2.12. The van der Waals surface area contributed by atoms with E-state index in [4.69, 9.17) is 16.3 Å². The van der Waals surface area contributed by atoms with E-state index in [1.165, 1.54) is 0 Å². The van der Waals surface area contributed by atoms with Crippen molar-refractivity contribution in [2.75, 3.05) is 7.11 Å². The lowest BCUT2D eigenvalue weighted by Gasteiger charge is -2.24. The van der Waals surface area contributed by atoms with Crippen LogP contribution in [0.1, 0.15) is 26.6 Å². The van der Waals surface area contributed by atoms with E-state index in [9.17, 15) is 0 Å². The first-order chi connectivity index (χ1) is 7.97. The summed E-state index contributed by atoms with van der Waals surface area (Å²) in [4.78, 5) is 4.56. The van der Waals surface area contributed by atoms with E-state index in [-0.39, 0.29) is 5.54 Å². The van der Waals surface area contributed by atoms with Crippen LogP contribution in [0, 0.1) is 0 Å². The van der Waals surface area contributed by atoms with Crippen LogP contribution in [0.15, 0.2) is 18.2 Å². The van der Waals surface area contributed by atoms with Crippen molar-refractivity contribution in [3.63, 3.8) is 0 Å². The van der Waals surface area contributed by atoms with Gasteiger partial charge in [-0.1, -0.05) is 0 Å². The number of nitrogens with zero attached hydrogens (tertiary/aromatic N) is 2. The van der Waals surface area contributed by atoms with Crippen LogP contribution in [0.4, 0.5) is 0 Å². The molecule has 3 nitrogen and oxygen atoms in total. The van der Waals surface area contributed by atoms with Gasteiger partial charge in [0.25, 0.3) is 0 Å². The normalized spacial score (nSPS) is 12.1. The Morgan fingerprint density at radius 2 is 2.06 bits per heavy atom. The van der Waals surface area contributed by atoms with Gasteiger partial charge in [-0.25, -0.2) is 4.98 Å². The van der Waals surface area contributed by atoms with Crippen LogP contribution in [0.2, 0.25) is 0 Å². The second-order valence-corrected chi connectivity index (χ2v) is 5.29. The number of imidazole rings is 1. The number of hydrogen-bond donors (Lipinski definition) is 0. The maximum absolute atomic E-state index is 5.97. The van der Waals surface area contributed by atoms with Gasteiger partial charge in [0.1, 0.15) is 11.6 Å². The Balaban J connectivity index is 2.73. The van der Waals surface area contributed by atoms with E-state index >= 15 is 0 Å². The highest BCUT2D eigenvalue weighted by atomic mass is 35.5. The molecule has 0 amide bonds. The summed E-state index contributed by atoms with van der Waals surface area (Å²) in [6.07, 6.45) is 0. The number of ether oxygens (including phenoxy) is 1. The molecule has 92 valence electrons. The first kappa shape index (κ1) is 12.2. The van der Waals surface area contributed by atoms with Gasteiger partial charge >= 0.3 is 0 Å². The van der Waals surface area contributed by atoms with Crippen LogP contribution in [0.3, 0.4) is 0 Å². The second-order valence-electron chi connectivity index (χ2n) is 5.02. The van der Waals surface area contributed by atoms with Crippen molar-refractivity contribution in [1.82, 2.24) is 9.55 Å². The first-order valence-corrected chi connectivity index (χ1v) is 6.12. The molecule has 2 aromatic rings. The number of aromatic nitrogens is 2. The van der Waals surface area contributed by atoms with E-state index in [1.807, 2.05) is 18.2 Å². The average Bonchev–Trinajstić information content (AvgIpc) is 2.65. The minimum absolute atomic E-state index is 0.0342. The fourth-order valence-electron chi connectivity index (χ4n) is 2.08. The average molecular weight is 253 g/mol. The summed E-state index contributed by atoms with van der Waals surface area (Å²) in [5.74, 6) is 2.12. The number of alkyl halides is 1. The van der Waals surface area contributed by atoms with Gasteiger partial charge in [0.2, 0.25) is 0 Å². The molecule has 0 atom stereocenters. The van der Waals surface area contributed by atoms with Crippen LogP contribution >= 0.6 is 11.6 Å². The van der Waals surface area contributed by atoms with Gasteiger partial charge in [0.05, 0.1) is 24.0 Å². The van der Waals surface area contributed by atoms with E-state index in [0.29, 0.717) is 5.88 Å².